The predicted octanol–water partition coefficient (Wildman–Crippen LogP) is 3.78. The minimum atomic E-state index is -0.236. The highest BCUT2D eigenvalue weighted by atomic mass is 32.1. The maximum Gasteiger partial charge on any atom is 0.111 e. The van der Waals surface area contributed by atoms with Crippen molar-refractivity contribution >= 4 is 11.3 Å². The highest BCUT2D eigenvalue weighted by Gasteiger charge is 2.57. The maximum atomic E-state index is 6.26. The van der Waals surface area contributed by atoms with Gasteiger partial charge in [0.05, 0.1) is 18.3 Å². The Morgan fingerprint density at radius 3 is 2.94 bits per heavy atom. The molecule has 0 spiro atoms. The van der Waals surface area contributed by atoms with E-state index in [1.54, 1.807) is 11.3 Å². The Morgan fingerprint density at radius 2 is 2.33 bits per heavy atom. The molecule has 0 saturated carbocycles. The Hall–Kier alpha value is -0.640. The molecule has 2 nitrogen and oxygen atoms in total. The molecule has 2 aliphatic rings. The first-order valence-electron chi connectivity index (χ1n) is 6.57. The van der Waals surface area contributed by atoms with E-state index >= 15 is 0 Å². The third kappa shape index (κ3) is 1.85. The molecular weight excluding hydrogens is 244 g/mol. The standard InChI is InChI=1S/C15H20O2S/c1-11(2)15-6-5-14(3,17-15)13(8-15)16-9-12-4-7-18-10-12/h4-7,10-11,13H,8-9H2,1-3H3. The van der Waals surface area contributed by atoms with Crippen molar-refractivity contribution in [3.63, 3.8) is 0 Å². The number of thiophene rings is 1. The molecule has 2 aliphatic heterocycles. The molecule has 0 radical (unpaired) electrons. The van der Waals surface area contributed by atoms with E-state index < -0.39 is 0 Å². The summed E-state index contributed by atoms with van der Waals surface area (Å²) in [7, 11) is 0. The van der Waals surface area contributed by atoms with Gasteiger partial charge in [-0.15, -0.1) is 0 Å². The molecule has 0 aromatic carbocycles. The van der Waals surface area contributed by atoms with Gasteiger partial charge in [0.2, 0.25) is 0 Å². The van der Waals surface area contributed by atoms with Crippen LogP contribution in [-0.2, 0) is 16.1 Å². The quantitative estimate of drug-likeness (QED) is 0.771. The van der Waals surface area contributed by atoms with E-state index in [0.717, 1.165) is 6.42 Å². The first-order valence-corrected chi connectivity index (χ1v) is 7.52. The number of fused-ring (bicyclic) bond motifs is 2. The van der Waals surface area contributed by atoms with Crippen molar-refractivity contribution in [1.29, 1.82) is 0 Å². The van der Waals surface area contributed by atoms with Gasteiger partial charge in [-0.1, -0.05) is 26.0 Å². The van der Waals surface area contributed by atoms with Crippen molar-refractivity contribution in [2.75, 3.05) is 0 Å². The summed E-state index contributed by atoms with van der Waals surface area (Å²) in [5.41, 5.74) is 0.919. The van der Waals surface area contributed by atoms with Crippen LogP contribution < -0.4 is 0 Å². The monoisotopic (exact) mass is 264 g/mol. The Balaban J connectivity index is 1.70. The lowest BCUT2D eigenvalue weighted by atomic mass is 9.81. The maximum absolute atomic E-state index is 6.26. The topological polar surface area (TPSA) is 18.5 Å². The molecule has 0 amide bonds. The van der Waals surface area contributed by atoms with Crippen molar-refractivity contribution in [2.24, 2.45) is 5.92 Å². The van der Waals surface area contributed by atoms with Gasteiger partial charge < -0.3 is 9.47 Å². The van der Waals surface area contributed by atoms with Crippen LogP contribution in [0, 0.1) is 5.92 Å². The van der Waals surface area contributed by atoms with Gasteiger partial charge >= 0.3 is 0 Å². The van der Waals surface area contributed by atoms with Crippen LogP contribution in [0.5, 0.6) is 0 Å². The first kappa shape index (κ1) is 12.4. The van der Waals surface area contributed by atoms with E-state index in [4.69, 9.17) is 9.47 Å². The molecule has 0 aliphatic carbocycles. The number of hydrogen-bond donors (Lipinski definition) is 0. The second-order valence-electron chi connectivity index (χ2n) is 5.86. The molecule has 1 aromatic heterocycles. The molecule has 1 fully saturated rings. The van der Waals surface area contributed by atoms with Crippen LogP contribution in [0.1, 0.15) is 32.8 Å². The summed E-state index contributed by atoms with van der Waals surface area (Å²) in [4.78, 5) is 0. The zero-order valence-corrected chi connectivity index (χ0v) is 12.0. The summed E-state index contributed by atoms with van der Waals surface area (Å²) >= 11 is 1.72. The summed E-state index contributed by atoms with van der Waals surface area (Å²) in [5, 5.41) is 4.23. The predicted molar refractivity (Wildman–Crippen MR) is 73.7 cm³/mol. The SMILES string of the molecule is CC(C)C12C=CC(C)(O1)C(OCc1ccsc1)C2. The number of hydrogen-bond acceptors (Lipinski definition) is 3. The van der Waals surface area contributed by atoms with Crippen LogP contribution in [0.25, 0.3) is 0 Å². The van der Waals surface area contributed by atoms with Crippen molar-refractivity contribution in [3.05, 3.63) is 34.5 Å². The van der Waals surface area contributed by atoms with Gasteiger partial charge in [-0.2, -0.15) is 11.3 Å². The van der Waals surface area contributed by atoms with Crippen LogP contribution in [0.2, 0.25) is 0 Å². The molecule has 98 valence electrons. The van der Waals surface area contributed by atoms with Gasteiger partial charge in [-0.05, 0) is 35.2 Å². The molecule has 3 heterocycles. The fourth-order valence-corrected chi connectivity index (χ4v) is 3.55. The lowest BCUT2D eigenvalue weighted by molar-refractivity contribution is -0.0820. The van der Waals surface area contributed by atoms with Gasteiger partial charge in [0.25, 0.3) is 0 Å². The first-order chi connectivity index (χ1) is 8.54. The summed E-state index contributed by atoms with van der Waals surface area (Å²) < 4.78 is 12.3. The second-order valence-corrected chi connectivity index (χ2v) is 6.64. The summed E-state index contributed by atoms with van der Waals surface area (Å²) in [6.07, 6.45) is 5.57. The Kier molecular flexibility index (Phi) is 2.88. The van der Waals surface area contributed by atoms with E-state index in [2.05, 4.69) is 49.7 Å². The minimum absolute atomic E-state index is 0.103. The summed E-state index contributed by atoms with van der Waals surface area (Å²) in [6, 6.07) is 2.12. The molecule has 3 heteroatoms. The fraction of sp³-hybridized carbons (Fsp3) is 0.600. The molecular formula is C15H20O2S. The van der Waals surface area contributed by atoms with Crippen LogP contribution in [-0.4, -0.2) is 17.3 Å². The molecule has 2 bridgehead atoms. The Bertz CT molecular complexity index is 451. The summed E-state index contributed by atoms with van der Waals surface area (Å²) in [5.74, 6) is 0.491. The number of ether oxygens (including phenoxy) is 2. The van der Waals surface area contributed by atoms with Gasteiger partial charge in [0.1, 0.15) is 5.60 Å². The van der Waals surface area contributed by atoms with Crippen molar-refractivity contribution in [1.82, 2.24) is 0 Å². The normalized spacial score (nSPS) is 37.9. The van der Waals surface area contributed by atoms with Gasteiger partial charge in [-0.25, -0.2) is 0 Å². The van der Waals surface area contributed by atoms with E-state index in [0.29, 0.717) is 12.5 Å². The third-order valence-electron chi connectivity index (χ3n) is 4.26. The van der Waals surface area contributed by atoms with E-state index in [1.165, 1.54) is 5.56 Å². The van der Waals surface area contributed by atoms with Crippen LogP contribution in [0.3, 0.4) is 0 Å². The van der Waals surface area contributed by atoms with Gasteiger partial charge in [0.15, 0.2) is 0 Å². The Labute approximate surface area is 113 Å². The molecule has 1 saturated heterocycles. The minimum Gasteiger partial charge on any atom is -0.370 e. The molecule has 3 unspecified atom stereocenters. The van der Waals surface area contributed by atoms with Crippen LogP contribution in [0.4, 0.5) is 0 Å². The largest absolute Gasteiger partial charge is 0.370 e. The summed E-state index contributed by atoms with van der Waals surface area (Å²) in [6.45, 7) is 7.27. The third-order valence-corrected chi connectivity index (χ3v) is 4.99. The average molecular weight is 264 g/mol. The van der Waals surface area contributed by atoms with Crippen LogP contribution >= 0.6 is 11.3 Å². The van der Waals surface area contributed by atoms with Gasteiger partial charge in [0, 0.05) is 6.42 Å². The van der Waals surface area contributed by atoms with E-state index in [1.807, 2.05) is 0 Å². The highest BCUT2D eigenvalue weighted by Crippen LogP contribution is 2.50. The lowest BCUT2D eigenvalue weighted by Crippen LogP contribution is -2.35. The fourth-order valence-electron chi connectivity index (χ4n) is 2.90. The molecule has 3 rings (SSSR count). The van der Waals surface area contributed by atoms with Crippen molar-refractivity contribution < 1.29 is 9.47 Å². The lowest BCUT2D eigenvalue weighted by Gasteiger charge is -2.27. The zero-order valence-electron chi connectivity index (χ0n) is 11.2. The molecule has 18 heavy (non-hydrogen) atoms. The zero-order chi connectivity index (χ0) is 12.8. The highest BCUT2D eigenvalue weighted by molar-refractivity contribution is 7.07. The van der Waals surface area contributed by atoms with E-state index in [-0.39, 0.29) is 17.3 Å². The average Bonchev–Trinajstić information content (AvgIpc) is 2.98. The second kappa shape index (κ2) is 4.19. The van der Waals surface area contributed by atoms with Crippen LogP contribution in [0.15, 0.2) is 29.0 Å². The van der Waals surface area contributed by atoms with Crippen molar-refractivity contribution in [2.45, 2.75) is 51.1 Å². The number of rotatable bonds is 4. The van der Waals surface area contributed by atoms with Crippen molar-refractivity contribution in [3.8, 4) is 0 Å². The van der Waals surface area contributed by atoms with E-state index in [9.17, 15) is 0 Å². The molecule has 0 N–H and O–H groups in total. The smallest absolute Gasteiger partial charge is 0.111 e. The Morgan fingerprint density at radius 1 is 1.50 bits per heavy atom. The molecule has 1 aromatic rings. The molecule has 3 atom stereocenters. The van der Waals surface area contributed by atoms with Gasteiger partial charge in [-0.3, -0.25) is 0 Å².